The molecule has 0 aliphatic rings. The van der Waals surface area contributed by atoms with Crippen molar-refractivity contribution in [2.75, 3.05) is 5.73 Å². The van der Waals surface area contributed by atoms with Gasteiger partial charge in [-0.05, 0) is 24.5 Å². The maximum absolute atomic E-state index is 9.70. The zero-order valence-corrected chi connectivity index (χ0v) is 8.07. The molecule has 0 saturated carbocycles. The first-order chi connectivity index (χ1) is 6.09. The largest absolute Gasteiger partial charge is 0.399 e. The Morgan fingerprint density at radius 2 is 2.23 bits per heavy atom. The molecule has 13 heavy (non-hydrogen) atoms. The molecule has 0 spiro atoms. The van der Waals surface area contributed by atoms with Gasteiger partial charge in [0.25, 0.3) is 0 Å². The summed E-state index contributed by atoms with van der Waals surface area (Å²) in [5.41, 5.74) is 6.88. The lowest BCUT2D eigenvalue weighted by molar-refractivity contribution is 0.146. The fourth-order valence-corrected chi connectivity index (χ4v) is 1.22. The Bertz CT molecular complexity index is 273. The smallest absolute Gasteiger partial charge is 0.0963 e. The summed E-state index contributed by atoms with van der Waals surface area (Å²) < 4.78 is 0. The number of rotatable bonds is 3. The Labute approximate surface area is 78.6 Å². The normalized spacial score (nSPS) is 13.2. The molecule has 0 amide bonds. The maximum atomic E-state index is 9.70. The van der Waals surface area contributed by atoms with E-state index < -0.39 is 6.10 Å². The third-order valence-electron chi connectivity index (χ3n) is 1.84. The lowest BCUT2D eigenvalue weighted by Gasteiger charge is -2.12. The van der Waals surface area contributed by atoms with Crippen LogP contribution in [0.5, 0.6) is 0 Å². The second-order valence-electron chi connectivity index (χ2n) is 3.66. The van der Waals surface area contributed by atoms with E-state index in [0.717, 1.165) is 6.42 Å². The molecule has 0 saturated heterocycles. The summed E-state index contributed by atoms with van der Waals surface area (Å²) in [6, 6.07) is 3.43. The van der Waals surface area contributed by atoms with Gasteiger partial charge in [0.05, 0.1) is 11.8 Å². The third-order valence-corrected chi connectivity index (χ3v) is 1.84. The fourth-order valence-electron chi connectivity index (χ4n) is 1.22. The zero-order chi connectivity index (χ0) is 9.84. The molecular formula is C10H16N2O. The minimum Gasteiger partial charge on any atom is -0.399 e. The van der Waals surface area contributed by atoms with Gasteiger partial charge >= 0.3 is 0 Å². The summed E-state index contributed by atoms with van der Waals surface area (Å²) in [7, 11) is 0. The van der Waals surface area contributed by atoms with E-state index in [1.54, 1.807) is 18.3 Å². The molecule has 0 radical (unpaired) electrons. The molecule has 0 bridgehead atoms. The van der Waals surface area contributed by atoms with Crippen LogP contribution in [0.4, 0.5) is 5.69 Å². The van der Waals surface area contributed by atoms with Gasteiger partial charge in [-0.1, -0.05) is 13.8 Å². The second kappa shape index (κ2) is 4.23. The highest BCUT2D eigenvalue weighted by Crippen LogP contribution is 2.19. The van der Waals surface area contributed by atoms with Crippen LogP contribution in [0.25, 0.3) is 0 Å². The minimum atomic E-state index is -0.497. The summed E-state index contributed by atoms with van der Waals surface area (Å²) in [5, 5.41) is 9.70. The summed E-state index contributed by atoms with van der Waals surface area (Å²) in [5.74, 6) is 0.457. The molecule has 3 nitrogen and oxygen atoms in total. The number of hydrogen-bond acceptors (Lipinski definition) is 3. The van der Waals surface area contributed by atoms with Crippen molar-refractivity contribution in [2.45, 2.75) is 26.4 Å². The van der Waals surface area contributed by atoms with E-state index in [4.69, 9.17) is 5.73 Å². The SMILES string of the molecule is CC(C)CC(O)c1cc(N)ccn1. The van der Waals surface area contributed by atoms with Crippen molar-refractivity contribution >= 4 is 5.69 Å². The Morgan fingerprint density at radius 1 is 1.54 bits per heavy atom. The quantitative estimate of drug-likeness (QED) is 0.745. The monoisotopic (exact) mass is 180 g/mol. The van der Waals surface area contributed by atoms with E-state index in [0.29, 0.717) is 17.3 Å². The summed E-state index contributed by atoms with van der Waals surface area (Å²) in [6.45, 7) is 4.13. The third kappa shape index (κ3) is 3.03. The van der Waals surface area contributed by atoms with Crippen LogP contribution in [-0.2, 0) is 0 Å². The topological polar surface area (TPSA) is 59.1 Å². The van der Waals surface area contributed by atoms with E-state index in [1.165, 1.54) is 0 Å². The van der Waals surface area contributed by atoms with Crippen molar-refractivity contribution < 1.29 is 5.11 Å². The number of anilines is 1. The molecule has 3 N–H and O–H groups in total. The van der Waals surface area contributed by atoms with Gasteiger partial charge in [-0.3, -0.25) is 4.98 Å². The van der Waals surface area contributed by atoms with Crippen molar-refractivity contribution in [3.63, 3.8) is 0 Å². The molecule has 0 aromatic carbocycles. The molecule has 0 aliphatic carbocycles. The van der Waals surface area contributed by atoms with E-state index in [9.17, 15) is 5.11 Å². The second-order valence-corrected chi connectivity index (χ2v) is 3.66. The summed E-state index contributed by atoms with van der Waals surface area (Å²) >= 11 is 0. The van der Waals surface area contributed by atoms with Crippen LogP contribution in [0.1, 0.15) is 32.1 Å². The van der Waals surface area contributed by atoms with Crippen molar-refractivity contribution in [3.05, 3.63) is 24.0 Å². The lowest BCUT2D eigenvalue weighted by Crippen LogP contribution is -2.04. The van der Waals surface area contributed by atoms with Gasteiger partial charge in [0, 0.05) is 11.9 Å². The molecule has 0 fully saturated rings. The molecule has 1 atom stereocenters. The number of aromatic nitrogens is 1. The average molecular weight is 180 g/mol. The molecule has 1 aromatic rings. The molecule has 72 valence electrons. The molecule has 1 heterocycles. The van der Waals surface area contributed by atoms with Crippen molar-refractivity contribution in [1.82, 2.24) is 4.98 Å². The molecule has 1 rings (SSSR count). The zero-order valence-electron chi connectivity index (χ0n) is 8.07. The predicted octanol–water partition coefficient (Wildman–Crippen LogP) is 1.74. The number of hydrogen-bond donors (Lipinski definition) is 2. The molecule has 0 aliphatic heterocycles. The van der Waals surface area contributed by atoms with E-state index in [-0.39, 0.29) is 0 Å². The highest BCUT2D eigenvalue weighted by Gasteiger charge is 2.10. The molecule has 1 unspecified atom stereocenters. The Morgan fingerprint density at radius 3 is 2.77 bits per heavy atom. The van der Waals surface area contributed by atoms with Crippen LogP contribution >= 0.6 is 0 Å². The first-order valence-corrected chi connectivity index (χ1v) is 4.49. The summed E-state index contributed by atoms with van der Waals surface area (Å²) in [6.07, 6.45) is 1.84. The minimum absolute atomic E-state index is 0.457. The van der Waals surface area contributed by atoms with Gasteiger partial charge in [-0.15, -0.1) is 0 Å². The highest BCUT2D eigenvalue weighted by atomic mass is 16.3. The average Bonchev–Trinajstić information content (AvgIpc) is 2.03. The summed E-state index contributed by atoms with van der Waals surface area (Å²) in [4.78, 5) is 4.06. The van der Waals surface area contributed by atoms with Crippen LogP contribution in [-0.4, -0.2) is 10.1 Å². The van der Waals surface area contributed by atoms with Crippen molar-refractivity contribution in [3.8, 4) is 0 Å². The number of aliphatic hydroxyl groups excluding tert-OH is 1. The van der Waals surface area contributed by atoms with E-state index in [2.05, 4.69) is 18.8 Å². The van der Waals surface area contributed by atoms with E-state index in [1.807, 2.05) is 0 Å². The lowest BCUT2D eigenvalue weighted by atomic mass is 10.0. The van der Waals surface area contributed by atoms with Crippen LogP contribution in [0.3, 0.4) is 0 Å². The van der Waals surface area contributed by atoms with Gasteiger partial charge in [0.1, 0.15) is 0 Å². The Hall–Kier alpha value is -1.09. The number of nitrogens with two attached hydrogens (primary N) is 1. The predicted molar refractivity (Wildman–Crippen MR) is 53.1 cm³/mol. The van der Waals surface area contributed by atoms with Crippen molar-refractivity contribution in [1.29, 1.82) is 0 Å². The van der Waals surface area contributed by atoms with E-state index >= 15 is 0 Å². The fraction of sp³-hybridized carbons (Fsp3) is 0.500. The van der Waals surface area contributed by atoms with Crippen molar-refractivity contribution in [2.24, 2.45) is 5.92 Å². The van der Waals surface area contributed by atoms with Gasteiger partial charge in [-0.2, -0.15) is 0 Å². The van der Waals surface area contributed by atoms with Crippen LogP contribution in [0.15, 0.2) is 18.3 Å². The Kier molecular flexibility index (Phi) is 3.25. The van der Waals surface area contributed by atoms with Crippen LogP contribution in [0.2, 0.25) is 0 Å². The standard InChI is InChI=1S/C10H16N2O/c1-7(2)5-10(13)9-6-8(11)3-4-12-9/h3-4,6-7,10,13H,5H2,1-2H3,(H2,11,12). The molecular weight excluding hydrogens is 164 g/mol. The highest BCUT2D eigenvalue weighted by molar-refractivity contribution is 5.37. The Balaban J connectivity index is 2.71. The van der Waals surface area contributed by atoms with Crippen LogP contribution in [0, 0.1) is 5.92 Å². The van der Waals surface area contributed by atoms with Gasteiger partial charge < -0.3 is 10.8 Å². The maximum Gasteiger partial charge on any atom is 0.0963 e. The van der Waals surface area contributed by atoms with Crippen LogP contribution < -0.4 is 5.73 Å². The molecule has 3 heteroatoms. The number of aliphatic hydroxyl groups is 1. The number of nitrogen functional groups attached to an aromatic ring is 1. The first-order valence-electron chi connectivity index (χ1n) is 4.49. The number of nitrogens with zero attached hydrogens (tertiary/aromatic N) is 1. The van der Waals surface area contributed by atoms with Gasteiger partial charge in [0.15, 0.2) is 0 Å². The van der Waals surface area contributed by atoms with Gasteiger partial charge in [-0.25, -0.2) is 0 Å². The van der Waals surface area contributed by atoms with Gasteiger partial charge in [0.2, 0.25) is 0 Å². The first kappa shape index (κ1) is 9.99. The molecule has 1 aromatic heterocycles. The number of pyridine rings is 1.